The van der Waals surface area contributed by atoms with Crippen LogP contribution in [0.4, 0.5) is 5.69 Å². The number of aryl methyl sites for hydroxylation is 1. The highest BCUT2D eigenvalue weighted by Crippen LogP contribution is 2.34. The lowest BCUT2D eigenvalue weighted by Crippen LogP contribution is -2.35. The number of aromatic nitrogens is 1. The number of fused-ring (bicyclic) bond motifs is 1. The second kappa shape index (κ2) is 9.03. The Labute approximate surface area is 203 Å². The predicted molar refractivity (Wildman–Crippen MR) is 135 cm³/mol. The first kappa shape index (κ1) is 23.6. The quantitative estimate of drug-likeness (QED) is 0.420. The molecule has 1 aliphatic heterocycles. The third-order valence-corrected chi connectivity index (χ3v) is 8.25. The molecule has 1 unspecified atom stereocenters. The number of aliphatic carboxylic acids is 1. The van der Waals surface area contributed by atoms with Crippen LogP contribution in [0, 0.1) is 6.92 Å². The van der Waals surface area contributed by atoms with E-state index in [2.05, 4.69) is 18.1 Å². The van der Waals surface area contributed by atoms with Crippen molar-refractivity contribution in [3.8, 4) is 0 Å². The summed E-state index contributed by atoms with van der Waals surface area (Å²) in [6.07, 6.45) is 6.00. The standard InChI is InChI=1S/C22H20Cl2N3O4PS/c1-13-11-26(21-6-3-14(2)32-25-21)20-5-4-17(10-19(13)20)27(12-22(28)29)33(30,31)18-8-15(23)7-16(24)9-18/h3-11,25,32H,12H2,1-2H3,(H,28,29). The van der Waals surface area contributed by atoms with Gasteiger partial charge in [0, 0.05) is 30.4 Å². The molecule has 0 saturated carbocycles. The second-order valence-corrected chi connectivity index (χ2v) is 11.6. The van der Waals surface area contributed by atoms with Crippen LogP contribution in [0.1, 0.15) is 12.5 Å². The number of sulfonamides is 1. The molecular weight excluding hydrogens is 504 g/mol. The fourth-order valence-corrected chi connectivity index (χ4v) is 6.40. The number of allylic oxidation sites excluding steroid dienone is 3. The molecule has 1 atom stereocenters. The summed E-state index contributed by atoms with van der Waals surface area (Å²) in [6.45, 7) is 3.21. The molecule has 0 aliphatic carbocycles. The maximum absolute atomic E-state index is 13.4. The van der Waals surface area contributed by atoms with Crippen LogP contribution in [0.25, 0.3) is 16.7 Å². The minimum absolute atomic E-state index is 0.137. The molecule has 33 heavy (non-hydrogen) atoms. The van der Waals surface area contributed by atoms with Gasteiger partial charge in [0.1, 0.15) is 12.4 Å². The van der Waals surface area contributed by atoms with Crippen molar-refractivity contribution in [1.29, 1.82) is 0 Å². The molecule has 0 radical (unpaired) electrons. The predicted octanol–water partition coefficient (Wildman–Crippen LogP) is 5.44. The highest BCUT2D eigenvalue weighted by atomic mass is 35.5. The van der Waals surface area contributed by atoms with Crippen molar-refractivity contribution in [3.63, 3.8) is 0 Å². The molecule has 0 fully saturated rings. The van der Waals surface area contributed by atoms with Crippen molar-refractivity contribution in [2.75, 3.05) is 10.8 Å². The maximum atomic E-state index is 13.4. The Morgan fingerprint density at radius 3 is 2.42 bits per heavy atom. The van der Waals surface area contributed by atoms with Crippen molar-refractivity contribution in [2.45, 2.75) is 18.7 Å². The summed E-state index contributed by atoms with van der Waals surface area (Å²) in [5.74, 6) is -0.380. The summed E-state index contributed by atoms with van der Waals surface area (Å²) >= 11 is 12.0. The van der Waals surface area contributed by atoms with Crippen LogP contribution >= 0.6 is 31.9 Å². The van der Waals surface area contributed by atoms with Crippen LogP contribution in [-0.2, 0) is 14.8 Å². The Balaban J connectivity index is 1.83. The summed E-state index contributed by atoms with van der Waals surface area (Å²) in [4.78, 5) is 11.4. The van der Waals surface area contributed by atoms with Crippen LogP contribution in [0.3, 0.4) is 0 Å². The first-order valence-corrected chi connectivity index (χ1v) is 13.0. The Bertz CT molecular complexity index is 1430. The molecule has 2 heterocycles. The third kappa shape index (κ3) is 4.75. The Morgan fingerprint density at radius 2 is 1.82 bits per heavy atom. The zero-order valence-electron chi connectivity index (χ0n) is 17.6. The monoisotopic (exact) mass is 523 g/mol. The van der Waals surface area contributed by atoms with Crippen LogP contribution in [-0.4, -0.2) is 30.6 Å². The Kier molecular flexibility index (Phi) is 6.47. The summed E-state index contributed by atoms with van der Waals surface area (Å²) < 4.78 is 29.6. The fraction of sp³-hybridized carbons (Fsp3) is 0.136. The van der Waals surface area contributed by atoms with E-state index < -0.39 is 22.5 Å². The third-order valence-electron chi connectivity index (χ3n) is 5.12. The summed E-state index contributed by atoms with van der Waals surface area (Å²) in [7, 11) is -3.78. The van der Waals surface area contributed by atoms with Gasteiger partial charge in [-0.25, -0.2) is 8.42 Å². The van der Waals surface area contributed by atoms with Gasteiger partial charge < -0.3 is 14.8 Å². The average Bonchev–Trinajstić information content (AvgIpc) is 3.07. The lowest BCUT2D eigenvalue weighted by atomic mass is 10.2. The second-order valence-electron chi connectivity index (χ2n) is 7.55. The molecule has 11 heteroatoms. The average molecular weight is 524 g/mol. The van der Waals surface area contributed by atoms with Gasteiger partial charge in [0.2, 0.25) is 0 Å². The minimum Gasteiger partial charge on any atom is -0.480 e. The van der Waals surface area contributed by atoms with E-state index in [4.69, 9.17) is 23.2 Å². The molecule has 0 amide bonds. The van der Waals surface area contributed by atoms with Gasteiger partial charge in [-0.2, -0.15) is 0 Å². The van der Waals surface area contributed by atoms with Crippen LogP contribution < -0.4 is 9.39 Å². The number of anilines is 1. The van der Waals surface area contributed by atoms with Gasteiger partial charge in [0.05, 0.1) is 16.1 Å². The zero-order valence-corrected chi connectivity index (χ0v) is 21.0. The summed E-state index contributed by atoms with van der Waals surface area (Å²) in [5.41, 5.74) is 2.01. The highest BCUT2D eigenvalue weighted by molar-refractivity contribution is 7.92. The molecule has 3 aromatic rings. The van der Waals surface area contributed by atoms with E-state index in [0.717, 1.165) is 26.6 Å². The fourth-order valence-electron chi connectivity index (χ4n) is 3.57. The molecule has 0 bridgehead atoms. The van der Waals surface area contributed by atoms with Gasteiger partial charge in [0.25, 0.3) is 10.0 Å². The van der Waals surface area contributed by atoms with Crippen LogP contribution in [0.2, 0.25) is 10.0 Å². The number of nitrogens with zero attached hydrogens (tertiary/aromatic N) is 2. The van der Waals surface area contributed by atoms with Crippen LogP contribution in [0.5, 0.6) is 0 Å². The molecule has 4 rings (SSSR count). The molecule has 0 saturated heterocycles. The Hall–Kier alpha value is -2.51. The van der Waals surface area contributed by atoms with E-state index in [-0.39, 0.29) is 20.6 Å². The molecule has 1 aromatic heterocycles. The first-order chi connectivity index (χ1) is 15.6. The van der Waals surface area contributed by atoms with E-state index in [9.17, 15) is 18.3 Å². The number of carboxylic acids is 1. The molecule has 0 spiro atoms. The van der Waals surface area contributed by atoms with Gasteiger partial charge in [0.15, 0.2) is 0 Å². The minimum atomic E-state index is -4.25. The number of rotatable bonds is 6. The number of carbonyl (C=O) groups is 1. The molecular formula is C22H20Cl2N3O4PS. The lowest BCUT2D eigenvalue weighted by Gasteiger charge is -2.23. The number of carboxylic acid groups (broad SMARTS) is 1. The summed E-state index contributed by atoms with van der Waals surface area (Å²) in [5, 5.41) is 15.2. The van der Waals surface area contributed by atoms with Crippen molar-refractivity contribution in [1.82, 2.24) is 9.65 Å². The highest BCUT2D eigenvalue weighted by Gasteiger charge is 2.28. The van der Waals surface area contributed by atoms with Crippen LogP contribution in [0.15, 0.2) is 65.0 Å². The van der Waals surface area contributed by atoms with E-state index in [1.165, 1.54) is 23.5 Å². The Morgan fingerprint density at radius 1 is 1.12 bits per heavy atom. The molecule has 2 N–H and O–H groups in total. The van der Waals surface area contributed by atoms with E-state index in [0.29, 0.717) is 8.73 Å². The zero-order chi connectivity index (χ0) is 23.9. The molecule has 172 valence electrons. The van der Waals surface area contributed by atoms with E-state index in [1.807, 2.05) is 23.8 Å². The van der Waals surface area contributed by atoms with E-state index >= 15 is 0 Å². The number of hydrogen-bond donors (Lipinski definition) is 2. The van der Waals surface area contributed by atoms with Gasteiger partial charge in [-0.3, -0.25) is 9.10 Å². The number of benzene rings is 2. The number of halogens is 2. The lowest BCUT2D eigenvalue weighted by molar-refractivity contribution is -0.135. The van der Waals surface area contributed by atoms with Crippen molar-refractivity contribution in [3.05, 3.63) is 75.7 Å². The van der Waals surface area contributed by atoms with Crippen molar-refractivity contribution < 1.29 is 18.3 Å². The normalized spacial score (nSPS) is 14.7. The van der Waals surface area contributed by atoms with Gasteiger partial charge in [-0.15, -0.1) is 0 Å². The van der Waals surface area contributed by atoms with Gasteiger partial charge in [-0.1, -0.05) is 29.3 Å². The number of nitrogens with one attached hydrogen (secondary N) is 1. The largest absolute Gasteiger partial charge is 0.480 e. The van der Waals surface area contributed by atoms with Gasteiger partial charge in [-0.05, 0) is 67.2 Å². The van der Waals surface area contributed by atoms with E-state index in [1.54, 1.807) is 18.2 Å². The molecule has 1 aliphatic rings. The number of hydrogen-bond acceptors (Lipinski definition) is 4. The van der Waals surface area contributed by atoms with Crippen molar-refractivity contribution >= 4 is 70.3 Å². The summed E-state index contributed by atoms with van der Waals surface area (Å²) in [6, 6.07) is 8.96. The molecule has 7 nitrogen and oxygen atoms in total. The topological polar surface area (TPSA) is 91.6 Å². The maximum Gasteiger partial charge on any atom is 0.324 e. The first-order valence-electron chi connectivity index (χ1n) is 9.79. The molecule has 2 aromatic carbocycles. The van der Waals surface area contributed by atoms with Crippen molar-refractivity contribution in [2.24, 2.45) is 0 Å². The van der Waals surface area contributed by atoms with Gasteiger partial charge >= 0.3 is 5.97 Å². The SMILES string of the molecule is CC1=CC=C(n2cc(C)c3cc(N(CC(=O)O)S(=O)(=O)c4cc(Cl)cc(Cl)c4)ccc32)NP1. The smallest absolute Gasteiger partial charge is 0.324 e.